The first kappa shape index (κ1) is 20.9. The van der Waals surface area contributed by atoms with Gasteiger partial charge in [0.15, 0.2) is 0 Å². The van der Waals surface area contributed by atoms with Crippen molar-refractivity contribution >= 4 is 27.6 Å². The van der Waals surface area contributed by atoms with Gasteiger partial charge in [-0.1, -0.05) is 48.5 Å². The molecule has 1 aliphatic rings. The lowest BCUT2D eigenvalue weighted by Gasteiger charge is -2.38. The summed E-state index contributed by atoms with van der Waals surface area (Å²) in [5, 5.41) is 2.17. The molecule has 0 amide bonds. The van der Waals surface area contributed by atoms with E-state index in [-0.39, 0.29) is 0 Å². The van der Waals surface area contributed by atoms with Crippen LogP contribution in [0.15, 0.2) is 79.1 Å². The summed E-state index contributed by atoms with van der Waals surface area (Å²) in [5.74, 6) is 1.34. The van der Waals surface area contributed by atoms with E-state index in [0.717, 1.165) is 51.1 Å². The molecule has 5 heteroatoms. The Morgan fingerprint density at radius 3 is 2.56 bits per heavy atom. The van der Waals surface area contributed by atoms with E-state index < -0.39 is 0 Å². The fraction of sp³-hybridized carbons (Fsp3) is 0.241. The summed E-state index contributed by atoms with van der Waals surface area (Å²) >= 11 is 0. The average Bonchev–Trinajstić information content (AvgIpc) is 3.21. The molecule has 0 saturated heterocycles. The highest BCUT2D eigenvalue weighted by Gasteiger charge is 2.32. The second-order valence-corrected chi connectivity index (χ2v) is 9.76. The third-order valence-electron chi connectivity index (χ3n) is 7.07. The summed E-state index contributed by atoms with van der Waals surface area (Å²) in [5.41, 5.74) is 12.9. The Morgan fingerprint density at radius 1 is 0.971 bits per heavy atom. The maximum absolute atomic E-state index is 6.43. The van der Waals surface area contributed by atoms with Crippen LogP contribution in [-0.2, 0) is 0 Å². The number of benzene rings is 2. The summed E-state index contributed by atoms with van der Waals surface area (Å²) in [6.45, 7) is 1.15. The second-order valence-electron chi connectivity index (χ2n) is 9.76. The van der Waals surface area contributed by atoms with Crippen LogP contribution in [0, 0.1) is 5.92 Å². The number of nitrogen functional groups attached to an aromatic ring is 1. The van der Waals surface area contributed by atoms with Crippen molar-refractivity contribution in [3.05, 3.63) is 79.1 Å². The van der Waals surface area contributed by atoms with E-state index in [2.05, 4.69) is 83.3 Å². The first-order chi connectivity index (χ1) is 16.6. The number of anilines is 1. The van der Waals surface area contributed by atoms with Crippen molar-refractivity contribution < 1.29 is 0 Å². The molecule has 0 aliphatic heterocycles. The number of aromatic nitrogens is 3. The zero-order valence-electron chi connectivity index (χ0n) is 19.6. The van der Waals surface area contributed by atoms with Crippen molar-refractivity contribution in [2.75, 3.05) is 26.4 Å². The van der Waals surface area contributed by atoms with Gasteiger partial charge in [0.1, 0.15) is 5.82 Å². The van der Waals surface area contributed by atoms with Crippen LogP contribution in [0.3, 0.4) is 0 Å². The fourth-order valence-corrected chi connectivity index (χ4v) is 5.40. The van der Waals surface area contributed by atoms with Gasteiger partial charge in [-0.15, -0.1) is 0 Å². The second kappa shape index (κ2) is 8.26. The molecule has 0 unspecified atom stereocenters. The Morgan fingerprint density at radius 2 is 1.76 bits per heavy atom. The smallest absolute Gasteiger partial charge is 0.133 e. The van der Waals surface area contributed by atoms with Gasteiger partial charge < -0.3 is 15.2 Å². The first-order valence-electron chi connectivity index (χ1n) is 11.9. The Hall–Kier alpha value is -3.70. The number of rotatable bonds is 5. The number of nitrogens with zero attached hydrogens (tertiary/aromatic N) is 4. The standard InChI is InChI=1S/C29H29N5/c1-33(2)17-19-14-23(15-19)34-18-24(28-27(34)12-13-31-29(28)30)22-9-8-21-10-11-25(32-26(21)16-22)20-6-4-3-5-7-20/h3-13,16,18-19,23H,14-15,17H2,1-2H3,(H2,30,31). The van der Waals surface area contributed by atoms with Crippen molar-refractivity contribution in [1.82, 2.24) is 19.4 Å². The fourth-order valence-electron chi connectivity index (χ4n) is 5.40. The lowest BCUT2D eigenvalue weighted by atomic mass is 9.80. The maximum atomic E-state index is 6.43. The zero-order valence-corrected chi connectivity index (χ0v) is 19.6. The van der Waals surface area contributed by atoms with Gasteiger partial charge in [0.25, 0.3) is 0 Å². The molecule has 0 bridgehead atoms. The van der Waals surface area contributed by atoms with E-state index >= 15 is 0 Å². The minimum Gasteiger partial charge on any atom is -0.383 e. The molecule has 1 fully saturated rings. The molecule has 5 aromatic rings. The van der Waals surface area contributed by atoms with Crippen molar-refractivity contribution in [3.8, 4) is 22.4 Å². The number of pyridine rings is 2. The number of nitrogens with two attached hydrogens (primary N) is 1. The van der Waals surface area contributed by atoms with Crippen LogP contribution in [0.1, 0.15) is 18.9 Å². The summed E-state index contributed by atoms with van der Waals surface area (Å²) < 4.78 is 2.42. The summed E-state index contributed by atoms with van der Waals surface area (Å²) in [6.07, 6.45) is 6.50. The van der Waals surface area contributed by atoms with E-state index in [1.807, 2.05) is 24.4 Å². The minimum atomic E-state index is 0.506. The third-order valence-corrected chi connectivity index (χ3v) is 7.07. The summed E-state index contributed by atoms with van der Waals surface area (Å²) in [6, 6.07) is 23.7. The predicted octanol–water partition coefficient (Wildman–Crippen LogP) is 6.01. The molecule has 6 rings (SSSR count). The van der Waals surface area contributed by atoms with Crippen molar-refractivity contribution in [3.63, 3.8) is 0 Å². The summed E-state index contributed by atoms with van der Waals surface area (Å²) in [4.78, 5) is 11.7. The SMILES string of the molecule is CN(C)CC1CC(n2cc(-c3ccc4ccc(-c5ccccc5)nc4c3)c3c(N)nccc32)C1. The molecule has 34 heavy (non-hydrogen) atoms. The highest BCUT2D eigenvalue weighted by molar-refractivity contribution is 6.03. The van der Waals surface area contributed by atoms with Crippen molar-refractivity contribution in [2.24, 2.45) is 5.92 Å². The molecule has 1 saturated carbocycles. The third kappa shape index (κ3) is 3.62. The van der Waals surface area contributed by atoms with E-state index in [1.165, 1.54) is 18.4 Å². The highest BCUT2D eigenvalue weighted by Crippen LogP contribution is 2.43. The average molecular weight is 448 g/mol. The van der Waals surface area contributed by atoms with Gasteiger partial charge in [-0.3, -0.25) is 0 Å². The van der Waals surface area contributed by atoms with Gasteiger partial charge in [-0.25, -0.2) is 9.97 Å². The minimum absolute atomic E-state index is 0.506. The molecule has 2 aromatic carbocycles. The van der Waals surface area contributed by atoms with Crippen LogP contribution < -0.4 is 5.73 Å². The van der Waals surface area contributed by atoms with Crippen LogP contribution in [-0.4, -0.2) is 40.1 Å². The normalized spacial score (nSPS) is 18.0. The zero-order chi connectivity index (χ0) is 23.2. The highest BCUT2D eigenvalue weighted by atomic mass is 15.1. The molecule has 1 aliphatic carbocycles. The molecule has 2 N–H and O–H groups in total. The number of fused-ring (bicyclic) bond motifs is 2. The van der Waals surface area contributed by atoms with E-state index in [0.29, 0.717) is 11.9 Å². The van der Waals surface area contributed by atoms with Gasteiger partial charge in [0.2, 0.25) is 0 Å². The quantitative estimate of drug-likeness (QED) is 0.358. The van der Waals surface area contributed by atoms with Gasteiger partial charge in [-0.2, -0.15) is 0 Å². The molecular weight excluding hydrogens is 418 g/mol. The Kier molecular flexibility index (Phi) is 5.07. The number of hydrogen-bond acceptors (Lipinski definition) is 4. The topological polar surface area (TPSA) is 60.0 Å². The molecule has 3 heterocycles. The largest absolute Gasteiger partial charge is 0.383 e. The lowest BCUT2D eigenvalue weighted by Crippen LogP contribution is -2.33. The first-order valence-corrected chi connectivity index (χ1v) is 11.9. The van der Waals surface area contributed by atoms with Crippen LogP contribution in [0.5, 0.6) is 0 Å². The molecule has 5 nitrogen and oxygen atoms in total. The number of hydrogen-bond donors (Lipinski definition) is 1. The van der Waals surface area contributed by atoms with Crippen molar-refractivity contribution in [1.29, 1.82) is 0 Å². The van der Waals surface area contributed by atoms with Crippen LogP contribution in [0.25, 0.3) is 44.2 Å². The maximum Gasteiger partial charge on any atom is 0.133 e. The van der Waals surface area contributed by atoms with E-state index in [1.54, 1.807) is 0 Å². The Labute approximate surface area is 199 Å². The Bertz CT molecular complexity index is 1480. The van der Waals surface area contributed by atoms with Crippen LogP contribution in [0.2, 0.25) is 0 Å². The van der Waals surface area contributed by atoms with Crippen LogP contribution >= 0.6 is 0 Å². The predicted molar refractivity (Wildman–Crippen MR) is 141 cm³/mol. The van der Waals surface area contributed by atoms with Gasteiger partial charge in [-0.05, 0) is 56.6 Å². The van der Waals surface area contributed by atoms with Gasteiger partial charge in [0.05, 0.1) is 16.7 Å². The van der Waals surface area contributed by atoms with Crippen LogP contribution in [0.4, 0.5) is 5.82 Å². The molecule has 0 spiro atoms. The molecule has 0 radical (unpaired) electrons. The van der Waals surface area contributed by atoms with E-state index in [4.69, 9.17) is 10.7 Å². The molecular formula is C29H29N5. The van der Waals surface area contributed by atoms with Crippen molar-refractivity contribution in [2.45, 2.75) is 18.9 Å². The monoisotopic (exact) mass is 447 g/mol. The molecule has 170 valence electrons. The van der Waals surface area contributed by atoms with Gasteiger partial charge >= 0.3 is 0 Å². The van der Waals surface area contributed by atoms with Gasteiger partial charge in [0, 0.05) is 46.9 Å². The summed E-state index contributed by atoms with van der Waals surface area (Å²) in [7, 11) is 4.31. The Balaban J connectivity index is 1.43. The molecule has 3 aromatic heterocycles. The molecule has 0 atom stereocenters. The lowest BCUT2D eigenvalue weighted by molar-refractivity contribution is 0.159. The van der Waals surface area contributed by atoms with E-state index in [9.17, 15) is 0 Å².